The molecule has 2 aliphatic heterocycles. The molecule has 7 atom stereocenters. The van der Waals surface area contributed by atoms with Crippen molar-refractivity contribution < 1.29 is 33.0 Å². The smallest absolute Gasteiger partial charge is 0.308 e. The molecule has 0 radical (unpaired) electrons. The van der Waals surface area contributed by atoms with Gasteiger partial charge in [0.25, 0.3) is 0 Å². The van der Waals surface area contributed by atoms with E-state index >= 15 is 0 Å². The largest absolute Gasteiger partial charge is 0.497 e. The fraction of sp³-hybridized carbons (Fsp3) is 0.333. The quantitative estimate of drug-likeness (QED) is 0.243. The summed E-state index contributed by atoms with van der Waals surface area (Å²) in [7, 11) is 4.70. The molecule has 1 aromatic heterocycles. The van der Waals surface area contributed by atoms with Crippen LogP contribution in [0.4, 0.5) is 15.8 Å². The Morgan fingerprint density at radius 1 is 0.878 bits per heavy atom. The first kappa shape index (κ1) is 31.6. The lowest BCUT2D eigenvalue weighted by atomic mass is 9.68. The number of aromatic nitrogens is 1. The summed E-state index contributed by atoms with van der Waals surface area (Å²) >= 11 is 2.67. The third-order valence-corrected chi connectivity index (χ3v) is 13.3. The van der Waals surface area contributed by atoms with Gasteiger partial charge in [-0.2, -0.15) is 0 Å². The van der Waals surface area contributed by atoms with Gasteiger partial charge in [-0.05, 0) is 90.4 Å². The molecule has 252 valence electrons. The number of anilines is 2. The van der Waals surface area contributed by atoms with Crippen LogP contribution in [0.2, 0.25) is 0 Å². The number of methoxy groups -OCH3 is 3. The van der Waals surface area contributed by atoms with Crippen molar-refractivity contribution in [2.24, 2.45) is 29.6 Å². The summed E-state index contributed by atoms with van der Waals surface area (Å²) in [6.07, 6.45) is 0.702. The number of halogens is 1. The average Bonchev–Trinajstić information content (AvgIpc) is 3.83. The fourth-order valence-electron chi connectivity index (χ4n) is 8.54. The second-order valence-corrected chi connectivity index (χ2v) is 14.9. The first-order chi connectivity index (χ1) is 23.7. The van der Waals surface area contributed by atoms with E-state index in [0.29, 0.717) is 40.1 Å². The molecule has 2 saturated carbocycles. The van der Waals surface area contributed by atoms with Gasteiger partial charge in [0.2, 0.25) is 17.7 Å². The summed E-state index contributed by atoms with van der Waals surface area (Å²) in [5, 5.41) is 3.49. The van der Waals surface area contributed by atoms with Crippen LogP contribution in [-0.4, -0.2) is 48.9 Å². The minimum atomic E-state index is -0.513. The third-order valence-electron chi connectivity index (χ3n) is 10.5. The van der Waals surface area contributed by atoms with E-state index < -0.39 is 17.7 Å². The zero-order chi connectivity index (χ0) is 34.1. The van der Waals surface area contributed by atoms with Crippen LogP contribution < -0.4 is 29.3 Å². The Hall–Kier alpha value is -4.62. The highest BCUT2D eigenvalue weighted by Gasteiger charge is 2.70. The second-order valence-electron chi connectivity index (χ2n) is 12.8. The Labute approximate surface area is 289 Å². The number of nitrogens with zero attached hydrogens (tertiary/aromatic N) is 2. The maximum atomic E-state index is 14.1. The summed E-state index contributed by atoms with van der Waals surface area (Å²) in [6, 6.07) is 18.1. The van der Waals surface area contributed by atoms with E-state index in [-0.39, 0.29) is 58.1 Å². The number of thioether (sulfide) groups is 1. The van der Waals surface area contributed by atoms with E-state index in [9.17, 15) is 23.6 Å². The van der Waals surface area contributed by atoms with Crippen LogP contribution in [0, 0.1) is 35.4 Å². The van der Waals surface area contributed by atoms with Gasteiger partial charge in [-0.15, -0.1) is 11.8 Å². The lowest BCUT2D eigenvalue weighted by Gasteiger charge is -2.43. The Morgan fingerprint density at radius 2 is 1.57 bits per heavy atom. The van der Waals surface area contributed by atoms with Crippen LogP contribution in [-0.2, 0) is 20.9 Å². The number of carbonyl (C=O) groups excluding carboxylic acids is 3. The average molecular weight is 702 g/mol. The van der Waals surface area contributed by atoms with Gasteiger partial charge in [-0.3, -0.25) is 28.6 Å². The van der Waals surface area contributed by atoms with Crippen LogP contribution >= 0.6 is 23.1 Å². The maximum Gasteiger partial charge on any atom is 0.308 e. The minimum absolute atomic E-state index is 0.0635. The number of rotatable bonds is 8. The molecule has 10 nitrogen and oxygen atoms in total. The summed E-state index contributed by atoms with van der Waals surface area (Å²) in [5.41, 5.74) is 1.85. The van der Waals surface area contributed by atoms with Crippen molar-refractivity contribution in [2.75, 3.05) is 31.5 Å². The molecule has 13 heteroatoms. The molecule has 1 saturated heterocycles. The van der Waals surface area contributed by atoms with Crippen molar-refractivity contribution in [1.29, 1.82) is 0 Å². The second kappa shape index (κ2) is 12.1. The molecule has 3 fully saturated rings. The molecule has 0 spiro atoms. The fourth-order valence-corrected chi connectivity index (χ4v) is 11.7. The zero-order valence-electron chi connectivity index (χ0n) is 26.8. The number of thiazole rings is 1. The number of hydrogen-bond donors (Lipinski definition) is 1. The SMILES string of the molecule is COc1ccc(NC(=O)Cn2c3c(sc2=O)C(c2ccc(OC)c(OC)c2)C2C4CC(C2S3)C2C(=O)N(c3ccc(F)cc3)C(=O)C42)cc1. The number of ether oxygens (including phenoxy) is 3. The molecule has 2 aliphatic carbocycles. The summed E-state index contributed by atoms with van der Waals surface area (Å²) < 4.78 is 31.7. The van der Waals surface area contributed by atoms with Crippen molar-refractivity contribution in [3.05, 3.63) is 92.7 Å². The van der Waals surface area contributed by atoms with E-state index in [0.717, 1.165) is 21.8 Å². The monoisotopic (exact) mass is 701 g/mol. The first-order valence-corrected chi connectivity index (χ1v) is 17.6. The number of fused-ring (bicyclic) bond motifs is 9. The zero-order valence-corrected chi connectivity index (χ0v) is 28.4. The van der Waals surface area contributed by atoms with Gasteiger partial charge in [0.1, 0.15) is 18.1 Å². The Bertz CT molecular complexity index is 2050. The van der Waals surface area contributed by atoms with Crippen LogP contribution in [0.1, 0.15) is 22.8 Å². The van der Waals surface area contributed by atoms with Gasteiger partial charge >= 0.3 is 4.87 Å². The van der Waals surface area contributed by atoms with Crippen molar-refractivity contribution in [1.82, 2.24) is 4.57 Å². The number of hydrogen-bond acceptors (Lipinski definition) is 9. The van der Waals surface area contributed by atoms with Crippen LogP contribution in [0.5, 0.6) is 17.2 Å². The molecular formula is C36H32FN3O7S2. The molecule has 8 rings (SSSR count). The highest BCUT2D eigenvalue weighted by molar-refractivity contribution is 8.00. The molecule has 4 aliphatic rings. The Kier molecular flexibility index (Phi) is 7.79. The summed E-state index contributed by atoms with van der Waals surface area (Å²) in [4.78, 5) is 56.8. The van der Waals surface area contributed by atoms with Crippen LogP contribution in [0.25, 0.3) is 0 Å². The highest BCUT2D eigenvalue weighted by Crippen LogP contribution is 2.69. The number of amides is 3. The van der Waals surface area contributed by atoms with E-state index in [1.807, 2.05) is 18.2 Å². The van der Waals surface area contributed by atoms with E-state index in [2.05, 4.69) is 5.32 Å². The first-order valence-electron chi connectivity index (χ1n) is 15.9. The summed E-state index contributed by atoms with van der Waals surface area (Å²) in [5.74, 6) is -1.17. The topological polar surface area (TPSA) is 116 Å². The molecular weight excluding hydrogens is 670 g/mol. The van der Waals surface area contributed by atoms with E-state index in [1.54, 1.807) is 57.4 Å². The highest BCUT2D eigenvalue weighted by atomic mass is 32.2. The van der Waals surface area contributed by atoms with Gasteiger partial charge in [0.05, 0.1) is 43.9 Å². The van der Waals surface area contributed by atoms with Gasteiger partial charge < -0.3 is 19.5 Å². The lowest BCUT2D eigenvalue weighted by molar-refractivity contribution is -0.123. The predicted octanol–water partition coefficient (Wildman–Crippen LogP) is 5.39. The molecule has 1 N–H and O–H groups in total. The van der Waals surface area contributed by atoms with Gasteiger partial charge in [0.15, 0.2) is 11.5 Å². The third kappa shape index (κ3) is 4.96. The number of imide groups is 1. The summed E-state index contributed by atoms with van der Waals surface area (Å²) in [6.45, 7) is -0.185. The molecule has 7 unspecified atom stereocenters. The van der Waals surface area contributed by atoms with Crippen LogP contribution in [0.15, 0.2) is 76.6 Å². The number of nitrogens with one attached hydrogen (secondary N) is 1. The van der Waals surface area contributed by atoms with Crippen LogP contribution in [0.3, 0.4) is 0 Å². The van der Waals surface area contributed by atoms with Crippen molar-refractivity contribution in [3.63, 3.8) is 0 Å². The van der Waals surface area contributed by atoms with Crippen molar-refractivity contribution in [2.45, 2.75) is 29.2 Å². The number of benzene rings is 3. The Balaban J connectivity index is 1.18. The Morgan fingerprint density at radius 3 is 2.24 bits per heavy atom. The van der Waals surface area contributed by atoms with Gasteiger partial charge in [-0.25, -0.2) is 4.39 Å². The maximum absolute atomic E-state index is 14.1. The minimum Gasteiger partial charge on any atom is -0.497 e. The lowest BCUT2D eigenvalue weighted by Crippen LogP contribution is -2.43. The predicted molar refractivity (Wildman–Crippen MR) is 182 cm³/mol. The molecule has 3 amide bonds. The van der Waals surface area contributed by atoms with E-state index in [1.165, 1.54) is 33.7 Å². The molecule has 3 heterocycles. The molecule has 2 bridgehead atoms. The van der Waals surface area contributed by atoms with Gasteiger partial charge in [0, 0.05) is 21.7 Å². The normalized spacial score (nSPS) is 26.3. The standard InChI is InChI=1S/C36H32FN3O7S2/c1-45-21-11-7-19(8-12-21)38-26(41)16-39-35-32(49-36(39)44)27(17-4-13-24(46-2)25(14-17)47-3)28-22-15-23(31(28)48-35)30-29(22)33(42)40(34(30)43)20-9-5-18(37)6-10-20/h4-14,22-23,27-31H,15-16H2,1-3H3,(H,38,41). The van der Waals surface area contributed by atoms with E-state index in [4.69, 9.17) is 14.2 Å². The molecule has 4 aromatic rings. The van der Waals surface area contributed by atoms with Crippen molar-refractivity contribution >= 4 is 52.2 Å². The molecule has 3 aromatic carbocycles. The van der Waals surface area contributed by atoms with Crippen molar-refractivity contribution in [3.8, 4) is 17.2 Å². The van der Waals surface area contributed by atoms with Gasteiger partial charge in [-0.1, -0.05) is 17.4 Å². The number of carbonyl (C=O) groups is 3. The molecule has 49 heavy (non-hydrogen) atoms.